The largest absolute Gasteiger partial charge is 0.324 e. The van der Waals surface area contributed by atoms with E-state index in [1.165, 1.54) is 0 Å². The minimum absolute atomic E-state index is 0.172. The van der Waals surface area contributed by atoms with Gasteiger partial charge in [-0.2, -0.15) is 5.26 Å². The third kappa shape index (κ3) is 2.80. The molecule has 0 radical (unpaired) electrons. The summed E-state index contributed by atoms with van der Waals surface area (Å²) in [6.07, 6.45) is -0.260. The van der Waals surface area contributed by atoms with E-state index in [2.05, 4.69) is 37.2 Å². The molecule has 1 aromatic carbocycles. The highest BCUT2D eigenvalue weighted by Gasteiger charge is 2.14. The van der Waals surface area contributed by atoms with Gasteiger partial charge in [-0.3, -0.25) is 4.79 Å². The number of carbonyl (C=O) groups excluding carboxylic acids is 1. The van der Waals surface area contributed by atoms with E-state index >= 15 is 0 Å². The van der Waals surface area contributed by atoms with Gasteiger partial charge in [0.25, 0.3) is 0 Å². The third-order valence-corrected chi connectivity index (χ3v) is 3.19. The van der Waals surface area contributed by atoms with E-state index < -0.39 is 11.7 Å². The van der Waals surface area contributed by atoms with Crippen LogP contribution < -0.4 is 5.32 Å². The van der Waals surface area contributed by atoms with Crippen molar-refractivity contribution in [2.24, 2.45) is 0 Å². The first-order chi connectivity index (χ1) is 7.47. The molecule has 0 atom stereocenters. The van der Waals surface area contributed by atoms with Crippen LogP contribution in [0.15, 0.2) is 15.0 Å². The first kappa shape index (κ1) is 13.1. The molecule has 0 fully saturated rings. The zero-order valence-electron chi connectivity index (χ0n) is 8.27. The summed E-state index contributed by atoms with van der Waals surface area (Å²) in [5, 5.41) is 10.8. The standard InChI is InChI=1S/C10H7Br2FN2O/c1-5-4-6(11)9(13)8(12)10(5)15-7(16)2-3-14/h4H,2H2,1H3,(H,15,16). The zero-order valence-corrected chi connectivity index (χ0v) is 11.4. The monoisotopic (exact) mass is 348 g/mol. The third-order valence-electron chi connectivity index (χ3n) is 1.86. The Labute approximate surface area is 109 Å². The van der Waals surface area contributed by atoms with Crippen molar-refractivity contribution >= 4 is 43.5 Å². The number of carbonyl (C=O) groups is 1. The molecule has 1 aromatic rings. The van der Waals surface area contributed by atoms with Gasteiger partial charge in [0.2, 0.25) is 5.91 Å². The normalized spacial score (nSPS) is 9.69. The molecule has 0 saturated heterocycles. The summed E-state index contributed by atoms with van der Waals surface area (Å²) in [5.74, 6) is -0.953. The summed E-state index contributed by atoms with van der Waals surface area (Å²) in [5.41, 5.74) is 1.05. The Hall–Kier alpha value is -0.930. The van der Waals surface area contributed by atoms with Crippen LogP contribution in [-0.4, -0.2) is 5.91 Å². The second-order valence-electron chi connectivity index (χ2n) is 3.06. The molecule has 0 spiro atoms. The molecule has 84 valence electrons. The van der Waals surface area contributed by atoms with E-state index in [4.69, 9.17) is 5.26 Å². The Morgan fingerprint density at radius 1 is 1.62 bits per heavy atom. The van der Waals surface area contributed by atoms with Gasteiger partial charge < -0.3 is 5.32 Å². The number of rotatable bonds is 2. The van der Waals surface area contributed by atoms with Crippen molar-refractivity contribution in [1.29, 1.82) is 5.26 Å². The van der Waals surface area contributed by atoms with Gasteiger partial charge in [0.15, 0.2) is 5.82 Å². The Balaban J connectivity index is 3.11. The number of nitrogens with zero attached hydrogens (tertiary/aromatic N) is 1. The molecular formula is C10H7Br2FN2O. The molecule has 0 aliphatic rings. The number of hydrogen-bond donors (Lipinski definition) is 1. The van der Waals surface area contributed by atoms with Gasteiger partial charge in [0, 0.05) is 0 Å². The zero-order chi connectivity index (χ0) is 12.3. The topological polar surface area (TPSA) is 52.9 Å². The average molecular weight is 350 g/mol. The second-order valence-corrected chi connectivity index (χ2v) is 4.71. The van der Waals surface area contributed by atoms with Crippen molar-refractivity contribution < 1.29 is 9.18 Å². The van der Waals surface area contributed by atoms with Gasteiger partial charge in [0.05, 0.1) is 20.7 Å². The molecule has 0 aromatic heterocycles. The van der Waals surface area contributed by atoms with Crippen LogP contribution in [0.25, 0.3) is 0 Å². The predicted octanol–water partition coefficient (Wildman–Crippen LogP) is 3.51. The molecule has 0 aliphatic carbocycles. The molecule has 0 saturated carbocycles. The van der Waals surface area contributed by atoms with Crippen LogP contribution in [0.2, 0.25) is 0 Å². The van der Waals surface area contributed by atoms with Crippen molar-refractivity contribution in [3.05, 3.63) is 26.4 Å². The number of amides is 1. The van der Waals surface area contributed by atoms with Gasteiger partial charge >= 0.3 is 0 Å². The van der Waals surface area contributed by atoms with Gasteiger partial charge in [-0.05, 0) is 50.4 Å². The van der Waals surface area contributed by atoms with Crippen LogP contribution in [0, 0.1) is 24.1 Å². The molecule has 0 heterocycles. The number of halogens is 3. The number of aryl methyl sites for hydroxylation is 1. The number of anilines is 1. The molecule has 6 heteroatoms. The lowest BCUT2D eigenvalue weighted by atomic mass is 10.2. The molecule has 1 N–H and O–H groups in total. The fraction of sp³-hybridized carbons (Fsp3) is 0.200. The van der Waals surface area contributed by atoms with Crippen molar-refractivity contribution in [3.8, 4) is 6.07 Å². The summed E-state index contributed by atoms with van der Waals surface area (Å²) in [6.45, 7) is 1.73. The SMILES string of the molecule is Cc1cc(Br)c(F)c(Br)c1NC(=O)CC#N. The lowest BCUT2D eigenvalue weighted by Gasteiger charge is -2.11. The first-order valence-electron chi connectivity index (χ1n) is 4.28. The van der Waals surface area contributed by atoms with Crippen LogP contribution in [0.1, 0.15) is 12.0 Å². The molecule has 0 bridgehead atoms. The van der Waals surface area contributed by atoms with Crippen molar-refractivity contribution in [3.63, 3.8) is 0 Å². The number of nitrogens with one attached hydrogen (secondary N) is 1. The Bertz CT molecular complexity index is 483. The summed E-state index contributed by atoms with van der Waals surface area (Å²) in [4.78, 5) is 11.2. The molecule has 1 amide bonds. The minimum atomic E-state index is -0.488. The Kier molecular flexibility index (Phi) is 4.44. The van der Waals surface area contributed by atoms with E-state index in [1.54, 1.807) is 19.1 Å². The number of nitriles is 1. The van der Waals surface area contributed by atoms with E-state index in [1.807, 2.05) is 0 Å². The maximum absolute atomic E-state index is 13.5. The molecular weight excluding hydrogens is 343 g/mol. The summed E-state index contributed by atoms with van der Waals surface area (Å²) >= 11 is 6.12. The van der Waals surface area contributed by atoms with E-state index in [-0.39, 0.29) is 10.9 Å². The van der Waals surface area contributed by atoms with Gasteiger partial charge in [-0.25, -0.2) is 4.39 Å². The van der Waals surface area contributed by atoms with Crippen LogP contribution >= 0.6 is 31.9 Å². The molecule has 1 rings (SSSR count). The highest BCUT2D eigenvalue weighted by atomic mass is 79.9. The average Bonchev–Trinajstić information content (AvgIpc) is 2.22. The number of benzene rings is 1. The van der Waals surface area contributed by atoms with Crippen molar-refractivity contribution in [2.75, 3.05) is 5.32 Å². The smallest absolute Gasteiger partial charge is 0.238 e. The molecule has 0 aliphatic heterocycles. The fourth-order valence-electron chi connectivity index (χ4n) is 1.12. The van der Waals surface area contributed by atoms with Crippen LogP contribution in [0.3, 0.4) is 0 Å². The lowest BCUT2D eigenvalue weighted by molar-refractivity contribution is -0.115. The number of hydrogen-bond acceptors (Lipinski definition) is 2. The fourth-order valence-corrected chi connectivity index (χ4v) is 2.56. The van der Waals surface area contributed by atoms with Crippen molar-refractivity contribution in [1.82, 2.24) is 0 Å². The maximum atomic E-state index is 13.5. The van der Waals surface area contributed by atoms with Gasteiger partial charge in [-0.1, -0.05) is 0 Å². The molecule has 3 nitrogen and oxygen atoms in total. The first-order valence-corrected chi connectivity index (χ1v) is 5.87. The van der Waals surface area contributed by atoms with Crippen molar-refractivity contribution in [2.45, 2.75) is 13.3 Å². The maximum Gasteiger partial charge on any atom is 0.238 e. The second kappa shape index (κ2) is 5.41. The quantitative estimate of drug-likeness (QED) is 0.830. The predicted molar refractivity (Wildman–Crippen MR) is 65.4 cm³/mol. The van der Waals surface area contributed by atoms with E-state index in [0.717, 1.165) is 0 Å². The lowest BCUT2D eigenvalue weighted by Crippen LogP contribution is -2.12. The van der Waals surface area contributed by atoms with Crippen LogP contribution in [0.5, 0.6) is 0 Å². The summed E-state index contributed by atoms with van der Waals surface area (Å²) in [6, 6.07) is 3.28. The van der Waals surface area contributed by atoms with Gasteiger partial charge in [0.1, 0.15) is 6.42 Å². The van der Waals surface area contributed by atoms with Crippen LogP contribution in [0.4, 0.5) is 10.1 Å². The summed E-state index contributed by atoms with van der Waals surface area (Å²) in [7, 11) is 0. The van der Waals surface area contributed by atoms with E-state index in [9.17, 15) is 9.18 Å². The van der Waals surface area contributed by atoms with Gasteiger partial charge in [-0.15, -0.1) is 0 Å². The highest BCUT2D eigenvalue weighted by Crippen LogP contribution is 2.33. The molecule has 16 heavy (non-hydrogen) atoms. The highest BCUT2D eigenvalue weighted by molar-refractivity contribution is 9.11. The Morgan fingerprint density at radius 3 is 2.81 bits per heavy atom. The van der Waals surface area contributed by atoms with E-state index in [0.29, 0.717) is 15.7 Å². The Morgan fingerprint density at radius 2 is 2.25 bits per heavy atom. The summed E-state index contributed by atoms with van der Waals surface area (Å²) < 4.78 is 14.0. The molecule has 0 unspecified atom stereocenters. The minimum Gasteiger partial charge on any atom is -0.324 e. The van der Waals surface area contributed by atoms with Crippen LogP contribution in [-0.2, 0) is 4.79 Å².